The highest BCUT2D eigenvalue weighted by atomic mass is 32.2. The van der Waals surface area contributed by atoms with E-state index in [1.165, 1.54) is 5.56 Å². The summed E-state index contributed by atoms with van der Waals surface area (Å²) in [6, 6.07) is 20.3. The van der Waals surface area contributed by atoms with E-state index < -0.39 is 0 Å². The van der Waals surface area contributed by atoms with E-state index in [4.69, 9.17) is 14.5 Å². The fourth-order valence-electron chi connectivity index (χ4n) is 3.27. The summed E-state index contributed by atoms with van der Waals surface area (Å²) in [5.41, 5.74) is 3.97. The number of rotatable bonds is 4. The summed E-state index contributed by atoms with van der Waals surface area (Å²) < 4.78 is 13.1. The summed E-state index contributed by atoms with van der Waals surface area (Å²) in [4.78, 5) is 10.6. The lowest BCUT2D eigenvalue weighted by Gasteiger charge is -2.08. The number of nitrogens with zero attached hydrogens (tertiary/aromatic N) is 3. The molecule has 0 N–H and O–H groups in total. The molecule has 0 fully saturated rings. The van der Waals surface area contributed by atoms with Gasteiger partial charge in [-0.25, -0.2) is 4.98 Å². The average molecular weight is 401 g/mol. The second-order valence-corrected chi connectivity index (χ2v) is 7.91. The summed E-state index contributed by atoms with van der Waals surface area (Å²) in [5.74, 6) is 2.34. The Bertz CT molecular complexity index is 1170. The molecule has 144 valence electrons. The van der Waals surface area contributed by atoms with Crippen LogP contribution in [0.1, 0.15) is 5.56 Å². The van der Waals surface area contributed by atoms with Gasteiger partial charge in [0, 0.05) is 23.7 Å². The van der Waals surface area contributed by atoms with Gasteiger partial charge in [0.2, 0.25) is 6.79 Å². The van der Waals surface area contributed by atoms with E-state index in [-0.39, 0.29) is 6.79 Å². The standard InChI is InChI=1S/C23H19N3O2S/c1-15-6-9-17(10-7-15)29-23-21(16-8-11-19-20(13-16)28-14-27-19)25-22(26(23)2)18-5-3-4-12-24-18/h3-13H,14H2,1-2H3. The first-order valence-corrected chi connectivity index (χ1v) is 10.1. The summed E-state index contributed by atoms with van der Waals surface area (Å²) >= 11 is 1.69. The number of ether oxygens (including phenoxy) is 2. The van der Waals surface area contributed by atoms with Crippen LogP contribution in [0.15, 0.2) is 76.8 Å². The predicted molar refractivity (Wildman–Crippen MR) is 113 cm³/mol. The van der Waals surface area contributed by atoms with Crippen molar-refractivity contribution in [3.8, 4) is 34.3 Å². The van der Waals surface area contributed by atoms with Crippen LogP contribution in [0.3, 0.4) is 0 Å². The average Bonchev–Trinajstić information content (AvgIpc) is 3.35. The molecule has 1 aliphatic rings. The Morgan fingerprint density at radius 3 is 2.59 bits per heavy atom. The summed E-state index contributed by atoms with van der Waals surface area (Å²) in [7, 11) is 2.03. The van der Waals surface area contributed by atoms with Gasteiger partial charge in [-0.3, -0.25) is 4.98 Å². The highest BCUT2D eigenvalue weighted by Crippen LogP contribution is 2.41. The summed E-state index contributed by atoms with van der Waals surface area (Å²) in [6.45, 7) is 2.35. The van der Waals surface area contributed by atoms with Crippen LogP contribution in [0, 0.1) is 6.92 Å². The van der Waals surface area contributed by atoms with Crippen molar-refractivity contribution in [2.24, 2.45) is 7.05 Å². The van der Waals surface area contributed by atoms with Gasteiger partial charge in [0.25, 0.3) is 0 Å². The highest BCUT2D eigenvalue weighted by molar-refractivity contribution is 7.99. The Balaban J connectivity index is 1.64. The van der Waals surface area contributed by atoms with Crippen molar-refractivity contribution >= 4 is 11.8 Å². The summed E-state index contributed by atoms with van der Waals surface area (Å²) in [6.07, 6.45) is 1.79. The molecule has 0 bridgehead atoms. The fraction of sp³-hybridized carbons (Fsp3) is 0.130. The summed E-state index contributed by atoms with van der Waals surface area (Å²) in [5, 5.41) is 1.05. The number of hydrogen-bond donors (Lipinski definition) is 0. The largest absolute Gasteiger partial charge is 0.454 e. The minimum Gasteiger partial charge on any atom is -0.454 e. The van der Waals surface area contributed by atoms with Crippen LogP contribution in [0.2, 0.25) is 0 Å². The lowest BCUT2D eigenvalue weighted by atomic mass is 10.1. The number of fused-ring (bicyclic) bond motifs is 1. The molecule has 0 saturated carbocycles. The number of pyridine rings is 1. The molecule has 3 heterocycles. The Labute approximate surface area is 173 Å². The van der Waals surface area contributed by atoms with Crippen molar-refractivity contribution in [1.82, 2.24) is 14.5 Å². The van der Waals surface area contributed by atoms with Crippen LogP contribution in [-0.2, 0) is 7.05 Å². The van der Waals surface area contributed by atoms with Gasteiger partial charge in [0.05, 0.1) is 0 Å². The van der Waals surface area contributed by atoms with Crippen molar-refractivity contribution < 1.29 is 9.47 Å². The zero-order chi connectivity index (χ0) is 19.8. The van der Waals surface area contributed by atoms with Crippen molar-refractivity contribution in [1.29, 1.82) is 0 Å². The quantitative estimate of drug-likeness (QED) is 0.462. The third-order valence-corrected chi connectivity index (χ3v) is 5.99. The van der Waals surface area contributed by atoms with E-state index in [9.17, 15) is 0 Å². The number of benzene rings is 2. The number of aromatic nitrogens is 3. The van der Waals surface area contributed by atoms with Gasteiger partial charge in [-0.15, -0.1) is 0 Å². The van der Waals surface area contributed by atoms with Gasteiger partial charge in [-0.2, -0.15) is 0 Å². The lowest BCUT2D eigenvalue weighted by Crippen LogP contribution is -1.96. The lowest BCUT2D eigenvalue weighted by molar-refractivity contribution is 0.174. The minimum atomic E-state index is 0.255. The molecule has 5 rings (SSSR count). The third kappa shape index (κ3) is 3.36. The van der Waals surface area contributed by atoms with Gasteiger partial charge in [0.1, 0.15) is 16.4 Å². The van der Waals surface area contributed by atoms with E-state index in [1.807, 2.05) is 43.4 Å². The fourth-order valence-corrected chi connectivity index (χ4v) is 4.25. The van der Waals surface area contributed by atoms with Crippen molar-refractivity contribution in [2.75, 3.05) is 6.79 Å². The normalized spacial score (nSPS) is 12.3. The molecule has 29 heavy (non-hydrogen) atoms. The molecule has 0 spiro atoms. The van der Waals surface area contributed by atoms with Crippen molar-refractivity contribution in [2.45, 2.75) is 16.8 Å². The van der Waals surface area contributed by atoms with Crippen LogP contribution in [0.5, 0.6) is 11.5 Å². The topological polar surface area (TPSA) is 49.2 Å². The van der Waals surface area contributed by atoms with Crippen LogP contribution in [0.25, 0.3) is 22.8 Å². The first-order chi connectivity index (χ1) is 14.2. The zero-order valence-corrected chi connectivity index (χ0v) is 16.9. The van der Waals surface area contributed by atoms with E-state index in [1.54, 1.807) is 18.0 Å². The van der Waals surface area contributed by atoms with Crippen molar-refractivity contribution in [3.05, 3.63) is 72.4 Å². The Morgan fingerprint density at radius 1 is 0.966 bits per heavy atom. The first kappa shape index (κ1) is 17.8. The van der Waals surface area contributed by atoms with Gasteiger partial charge >= 0.3 is 0 Å². The Kier molecular flexibility index (Phi) is 4.48. The zero-order valence-electron chi connectivity index (χ0n) is 16.1. The molecule has 2 aromatic heterocycles. The van der Waals surface area contributed by atoms with E-state index in [0.717, 1.165) is 44.2 Å². The molecule has 0 amide bonds. The van der Waals surface area contributed by atoms with E-state index in [0.29, 0.717) is 0 Å². The Hall–Kier alpha value is -3.25. The molecule has 1 aliphatic heterocycles. The molecule has 0 atom stereocenters. The molecular formula is C23H19N3O2S. The maximum atomic E-state index is 5.58. The SMILES string of the molecule is Cc1ccc(Sc2c(-c3ccc4c(c3)OCO4)nc(-c3ccccn3)n2C)cc1. The maximum Gasteiger partial charge on any atom is 0.231 e. The minimum absolute atomic E-state index is 0.255. The molecular weight excluding hydrogens is 382 g/mol. The van der Waals surface area contributed by atoms with Gasteiger partial charge in [0.15, 0.2) is 17.3 Å². The second kappa shape index (κ2) is 7.29. The molecule has 0 unspecified atom stereocenters. The molecule has 0 saturated heterocycles. The van der Waals surface area contributed by atoms with Gasteiger partial charge in [-0.05, 0) is 49.4 Å². The third-order valence-electron chi connectivity index (χ3n) is 4.82. The molecule has 0 radical (unpaired) electrons. The monoisotopic (exact) mass is 401 g/mol. The highest BCUT2D eigenvalue weighted by Gasteiger charge is 2.22. The smallest absolute Gasteiger partial charge is 0.231 e. The number of hydrogen-bond acceptors (Lipinski definition) is 5. The molecule has 2 aromatic carbocycles. The van der Waals surface area contributed by atoms with Crippen LogP contribution in [0.4, 0.5) is 0 Å². The van der Waals surface area contributed by atoms with E-state index >= 15 is 0 Å². The Morgan fingerprint density at radius 2 is 1.79 bits per heavy atom. The van der Waals surface area contributed by atoms with Crippen LogP contribution < -0.4 is 9.47 Å². The first-order valence-electron chi connectivity index (χ1n) is 9.32. The second-order valence-electron chi connectivity index (χ2n) is 6.85. The van der Waals surface area contributed by atoms with Gasteiger partial charge in [-0.1, -0.05) is 35.5 Å². The maximum absolute atomic E-state index is 5.58. The van der Waals surface area contributed by atoms with Crippen LogP contribution in [-0.4, -0.2) is 21.3 Å². The molecule has 4 aromatic rings. The van der Waals surface area contributed by atoms with Crippen molar-refractivity contribution in [3.63, 3.8) is 0 Å². The van der Waals surface area contributed by atoms with E-state index in [2.05, 4.69) is 40.7 Å². The van der Waals surface area contributed by atoms with Gasteiger partial charge < -0.3 is 14.0 Å². The van der Waals surface area contributed by atoms with Crippen LogP contribution >= 0.6 is 11.8 Å². The molecule has 0 aliphatic carbocycles. The molecule has 6 heteroatoms. The molecule has 5 nitrogen and oxygen atoms in total. The predicted octanol–water partition coefficient (Wildman–Crippen LogP) is 5.34. The number of aryl methyl sites for hydroxylation is 1. The number of imidazole rings is 1.